The van der Waals surface area contributed by atoms with Crippen LogP contribution in [0.1, 0.15) is 21.5 Å². The van der Waals surface area contributed by atoms with Gasteiger partial charge in [-0.3, -0.25) is 4.72 Å². The Labute approximate surface area is 162 Å². The summed E-state index contributed by atoms with van der Waals surface area (Å²) in [5.74, 6) is -1.79. The second-order valence-corrected chi connectivity index (χ2v) is 8.29. The van der Waals surface area contributed by atoms with Crippen LogP contribution in [0.3, 0.4) is 0 Å². The third-order valence-corrected chi connectivity index (χ3v) is 6.08. The van der Waals surface area contributed by atoms with Crippen LogP contribution in [0.15, 0.2) is 35.2 Å². The molecule has 0 atom stereocenters. The summed E-state index contributed by atoms with van der Waals surface area (Å²) in [5.41, 5.74) is 1.38. The van der Waals surface area contributed by atoms with E-state index in [4.69, 9.17) is 4.74 Å². The lowest BCUT2D eigenvalue weighted by molar-refractivity contribution is 0.0696. The van der Waals surface area contributed by atoms with Crippen LogP contribution in [-0.4, -0.2) is 45.8 Å². The van der Waals surface area contributed by atoms with E-state index in [0.29, 0.717) is 43.1 Å². The fourth-order valence-corrected chi connectivity index (χ4v) is 4.49. The molecule has 1 fully saturated rings. The molecule has 3 rings (SSSR count). The maximum absolute atomic E-state index is 14.1. The highest BCUT2D eigenvalue weighted by Gasteiger charge is 2.22. The maximum Gasteiger partial charge on any atom is 0.335 e. The molecule has 150 valence electrons. The molecule has 1 heterocycles. The largest absolute Gasteiger partial charge is 0.478 e. The SMILES string of the molecule is Cc1cc(C)c(S(=O)(=O)Nc2cc(F)cc(N3CCOCC3)c2)cc1C(=O)O. The lowest BCUT2D eigenvalue weighted by atomic mass is 10.1. The molecule has 2 aromatic rings. The van der Waals surface area contributed by atoms with Crippen LogP contribution < -0.4 is 9.62 Å². The van der Waals surface area contributed by atoms with E-state index < -0.39 is 21.8 Å². The van der Waals surface area contributed by atoms with Crippen molar-refractivity contribution in [2.45, 2.75) is 18.7 Å². The molecule has 0 bridgehead atoms. The van der Waals surface area contributed by atoms with Gasteiger partial charge < -0.3 is 14.7 Å². The van der Waals surface area contributed by atoms with Gasteiger partial charge in [0.1, 0.15) is 5.82 Å². The van der Waals surface area contributed by atoms with Gasteiger partial charge in [0.05, 0.1) is 29.4 Å². The molecular weight excluding hydrogens is 387 g/mol. The Morgan fingerprint density at radius 1 is 1.11 bits per heavy atom. The first kappa shape index (κ1) is 20.1. The number of sulfonamides is 1. The molecule has 1 aliphatic heterocycles. The second-order valence-electron chi connectivity index (χ2n) is 6.64. The normalized spacial score (nSPS) is 14.8. The Morgan fingerprint density at radius 2 is 1.79 bits per heavy atom. The van der Waals surface area contributed by atoms with E-state index in [2.05, 4.69) is 4.72 Å². The number of carboxylic acids is 1. The summed E-state index contributed by atoms with van der Waals surface area (Å²) in [6.07, 6.45) is 0. The summed E-state index contributed by atoms with van der Waals surface area (Å²) < 4.78 is 47.4. The molecule has 0 radical (unpaired) electrons. The van der Waals surface area contributed by atoms with Crippen LogP contribution in [-0.2, 0) is 14.8 Å². The smallest absolute Gasteiger partial charge is 0.335 e. The molecule has 0 aromatic heterocycles. The van der Waals surface area contributed by atoms with Gasteiger partial charge in [-0.15, -0.1) is 0 Å². The molecule has 1 saturated heterocycles. The zero-order chi connectivity index (χ0) is 20.5. The van der Waals surface area contributed by atoms with E-state index in [0.717, 1.165) is 12.1 Å². The van der Waals surface area contributed by atoms with Crippen molar-refractivity contribution in [2.75, 3.05) is 35.9 Å². The van der Waals surface area contributed by atoms with Crippen LogP contribution in [0.4, 0.5) is 15.8 Å². The van der Waals surface area contributed by atoms with Gasteiger partial charge in [-0.2, -0.15) is 0 Å². The quantitative estimate of drug-likeness (QED) is 0.790. The summed E-state index contributed by atoms with van der Waals surface area (Å²) in [7, 11) is -4.10. The standard InChI is InChI=1S/C19H21FN2O5S/c1-12-7-13(2)18(11-17(12)19(23)24)28(25,26)21-15-8-14(20)9-16(10-15)22-3-5-27-6-4-22/h7-11,21H,3-6H2,1-2H3,(H,23,24). The molecular formula is C19H21FN2O5S. The predicted octanol–water partition coefficient (Wildman–Crippen LogP) is 2.78. The Balaban J connectivity index is 1.96. The molecule has 2 N–H and O–H groups in total. The number of anilines is 2. The Bertz CT molecular complexity index is 1020. The minimum atomic E-state index is -4.10. The van der Waals surface area contributed by atoms with Gasteiger partial charge >= 0.3 is 5.97 Å². The Morgan fingerprint density at radius 3 is 2.43 bits per heavy atom. The zero-order valence-corrected chi connectivity index (χ0v) is 16.3. The number of morpholine rings is 1. The van der Waals surface area contributed by atoms with Crippen LogP contribution in [0.25, 0.3) is 0 Å². The van der Waals surface area contributed by atoms with Crippen molar-refractivity contribution in [2.24, 2.45) is 0 Å². The summed E-state index contributed by atoms with van der Waals surface area (Å²) in [4.78, 5) is 13.1. The maximum atomic E-state index is 14.1. The van der Waals surface area contributed by atoms with Gasteiger partial charge in [0.25, 0.3) is 10.0 Å². The fourth-order valence-electron chi connectivity index (χ4n) is 3.20. The number of nitrogens with one attached hydrogen (secondary N) is 1. The molecule has 0 amide bonds. The predicted molar refractivity (Wildman–Crippen MR) is 103 cm³/mol. The Kier molecular flexibility index (Phi) is 5.57. The van der Waals surface area contributed by atoms with Gasteiger partial charge in [0.2, 0.25) is 0 Å². The van der Waals surface area contributed by atoms with Crippen molar-refractivity contribution in [1.29, 1.82) is 0 Å². The van der Waals surface area contributed by atoms with Crippen molar-refractivity contribution < 1.29 is 27.4 Å². The molecule has 9 heteroatoms. The van der Waals surface area contributed by atoms with E-state index in [1.54, 1.807) is 19.9 Å². The number of ether oxygens (including phenoxy) is 1. The Hall–Kier alpha value is -2.65. The molecule has 0 unspecified atom stereocenters. The number of rotatable bonds is 5. The van der Waals surface area contributed by atoms with Gasteiger partial charge in [-0.25, -0.2) is 17.6 Å². The molecule has 2 aromatic carbocycles. The number of aromatic carboxylic acids is 1. The van der Waals surface area contributed by atoms with Crippen LogP contribution >= 0.6 is 0 Å². The van der Waals surface area contributed by atoms with E-state index in [-0.39, 0.29) is 16.1 Å². The van der Waals surface area contributed by atoms with E-state index in [9.17, 15) is 22.7 Å². The van der Waals surface area contributed by atoms with Gasteiger partial charge in [-0.1, -0.05) is 6.07 Å². The molecule has 7 nitrogen and oxygen atoms in total. The van der Waals surface area contributed by atoms with Crippen LogP contribution in [0.2, 0.25) is 0 Å². The first-order chi connectivity index (χ1) is 13.2. The van der Waals surface area contributed by atoms with Gasteiger partial charge in [0.15, 0.2) is 0 Å². The number of benzene rings is 2. The molecule has 1 aliphatic rings. The number of halogens is 1. The first-order valence-electron chi connectivity index (χ1n) is 8.68. The highest BCUT2D eigenvalue weighted by molar-refractivity contribution is 7.92. The molecule has 0 aliphatic carbocycles. The van der Waals surface area contributed by atoms with Crippen molar-refractivity contribution in [3.05, 3.63) is 52.8 Å². The highest BCUT2D eigenvalue weighted by atomic mass is 32.2. The van der Waals surface area contributed by atoms with Crippen molar-refractivity contribution in [3.63, 3.8) is 0 Å². The minimum absolute atomic E-state index is 0.0679. The highest BCUT2D eigenvalue weighted by Crippen LogP contribution is 2.27. The van der Waals surface area contributed by atoms with E-state index in [1.165, 1.54) is 12.1 Å². The minimum Gasteiger partial charge on any atom is -0.478 e. The topological polar surface area (TPSA) is 95.9 Å². The third kappa shape index (κ3) is 4.26. The number of hydrogen-bond donors (Lipinski definition) is 2. The molecule has 28 heavy (non-hydrogen) atoms. The number of aryl methyl sites for hydroxylation is 2. The second kappa shape index (κ2) is 7.76. The number of carboxylic acid groups (broad SMARTS) is 1. The summed E-state index contributed by atoms with van der Waals surface area (Å²) in [5, 5.41) is 9.27. The average molecular weight is 408 g/mol. The van der Waals surface area contributed by atoms with Crippen molar-refractivity contribution in [3.8, 4) is 0 Å². The van der Waals surface area contributed by atoms with E-state index in [1.807, 2.05) is 4.90 Å². The number of carbonyl (C=O) groups is 1. The zero-order valence-electron chi connectivity index (χ0n) is 15.5. The van der Waals surface area contributed by atoms with E-state index >= 15 is 0 Å². The summed E-state index contributed by atoms with van der Waals surface area (Å²) in [6, 6.07) is 6.60. The summed E-state index contributed by atoms with van der Waals surface area (Å²) >= 11 is 0. The lowest BCUT2D eigenvalue weighted by Gasteiger charge is -2.29. The molecule has 0 spiro atoms. The first-order valence-corrected chi connectivity index (χ1v) is 10.2. The van der Waals surface area contributed by atoms with Crippen LogP contribution in [0, 0.1) is 19.7 Å². The molecule has 0 saturated carbocycles. The van der Waals surface area contributed by atoms with Crippen molar-refractivity contribution >= 4 is 27.4 Å². The van der Waals surface area contributed by atoms with Gasteiger partial charge in [0, 0.05) is 18.8 Å². The van der Waals surface area contributed by atoms with Gasteiger partial charge in [-0.05, 0) is 49.2 Å². The van der Waals surface area contributed by atoms with Crippen molar-refractivity contribution in [1.82, 2.24) is 0 Å². The summed E-state index contributed by atoms with van der Waals surface area (Å²) in [6.45, 7) is 5.36. The van der Waals surface area contributed by atoms with Crippen LogP contribution in [0.5, 0.6) is 0 Å². The lowest BCUT2D eigenvalue weighted by Crippen LogP contribution is -2.36. The monoisotopic (exact) mass is 408 g/mol. The fraction of sp³-hybridized carbons (Fsp3) is 0.316. The number of hydrogen-bond acceptors (Lipinski definition) is 5. The number of nitrogens with zero attached hydrogens (tertiary/aromatic N) is 1. The average Bonchev–Trinajstić information content (AvgIpc) is 2.61. The third-order valence-electron chi connectivity index (χ3n) is 4.55.